The molecule has 0 radical (unpaired) electrons. The van der Waals surface area contributed by atoms with Gasteiger partial charge in [0.1, 0.15) is 5.78 Å². The molecule has 0 aromatic rings. The average molecular weight is 353 g/mol. The molecule has 1 aliphatic heterocycles. The number of esters is 1. The lowest BCUT2D eigenvalue weighted by Gasteiger charge is -2.24. The minimum Gasteiger partial charge on any atom is -0.465 e. The summed E-state index contributed by atoms with van der Waals surface area (Å²) in [5.74, 6) is -1.01. The molecule has 0 spiro atoms. The highest BCUT2D eigenvalue weighted by atomic mass is 16.5. The summed E-state index contributed by atoms with van der Waals surface area (Å²) >= 11 is 0. The fourth-order valence-corrected chi connectivity index (χ4v) is 2.61. The van der Waals surface area contributed by atoms with Crippen LogP contribution in [0.2, 0.25) is 0 Å². The molecule has 0 bridgehead atoms. The van der Waals surface area contributed by atoms with Gasteiger partial charge in [-0.25, -0.2) is 0 Å². The van der Waals surface area contributed by atoms with Gasteiger partial charge in [0.2, 0.25) is 11.8 Å². The average Bonchev–Trinajstić information content (AvgIpc) is 2.75. The van der Waals surface area contributed by atoms with Crippen molar-refractivity contribution in [3.8, 4) is 0 Å². The van der Waals surface area contributed by atoms with Crippen LogP contribution in [-0.4, -0.2) is 41.6 Å². The maximum Gasteiger partial charge on any atom is 0.311 e. The number of imide groups is 1. The highest BCUT2D eigenvalue weighted by Gasteiger charge is 2.44. The van der Waals surface area contributed by atoms with Gasteiger partial charge in [0.05, 0.1) is 17.9 Å². The number of ketones is 1. The first-order valence-corrected chi connectivity index (χ1v) is 8.87. The Morgan fingerprint density at radius 3 is 2.16 bits per heavy atom. The van der Waals surface area contributed by atoms with Crippen molar-refractivity contribution in [3.63, 3.8) is 0 Å². The van der Waals surface area contributed by atoms with Gasteiger partial charge in [0.25, 0.3) is 0 Å². The molecule has 0 N–H and O–H groups in total. The standard InChI is InChI=1S/C19H31NO5/c1-18(2,3)14-12-15(22)20(16(14)23)10-9-13(21)8-7-11-25-17(24)19(4,5)6/h14H,7-12H2,1-6H3. The zero-order chi connectivity index (χ0) is 19.4. The van der Waals surface area contributed by atoms with E-state index in [-0.39, 0.29) is 67.3 Å². The molecular weight excluding hydrogens is 322 g/mol. The fourth-order valence-electron chi connectivity index (χ4n) is 2.61. The Morgan fingerprint density at radius 1 is 1.08 bits per heavy atom. The van der Waals surface area contributed by atoms with E-state index in [4.69, 9.17) is 4.74 Å². The van der Waals surface area contributed by atoms with Crippen molar-refractivity contribution in [1.29, 1.82) is 0 Å². The summed E-state index contributed by atoms with van der Waals surface area (Å²) < 4.78 is 5.11. The van der Waals surface area contributed by atoms with Gasteiger partial charge < -0.3 is 4.74 Å². The van der Waals surface area contributed by atoms with E-state index in [9.17, 15) is 19.2 Å². The van der Waals surface area contributed by atoms with Crippen molar-refractivity contribution < 1.29 is 23.9 Å². The molecule has 1 unspecified atom stereocenters. The highest BCUT2D eigenvalue weighted by Crippen LogP contribution is 2.35. The van der Waals surface area contributed by atoms with Crippen LogP contribution in [0.3, 0.4) is 0 Å². The summed E-state index contributed by atoms with van der Waals surface area (Å²) in [4.78, 5) is 49.1. The van der Waals surface area contributed by atoms with E-state index in [1.54, 1.807) is 20.8 Å². The third kappa shape index (κ3) is 6.25. The van der Waals surface area contributed by atoms with Crippen molar-refractivity contribution >= 4 is 23.6 Å². The van der Waals surface area contributed by atoms with Crippen molar-refractivity contribution in [2.45, 2.75) is 67.2 Å². The molecule has 1 aliphatic rings. The molecule has 25 heavy (non-hydrogen) atoms. The van der Waals surface area contributed by atoms with Gasteiger partial charge in [-0.3, -0.25) is 24.1 Å². The maximum atomic E-state index is 12.3. The Balaban J connectivity index is 2.34. The first kappa shape index (κ1) is 21.3. The SMILES string of the molecule is CC(C)(C)C(=O)OCCCC(=O)CCN1C(=O)CC(C(C)(C)C)C1=O. The number of ether oxygens (including phenoxy) is 1. The lowest BCUT2D eigenvalue weighted by atomic mass is 9.80. The quantitative estimate of drug-likeness (QED) is 0.399. The molecule has 1 rings (SSSR count). The molecule has 2 amide bonds. The van der Waals surface area contributed by atoms with Crippen LogP contribution in [0.1, 0.15) is 67.2 Å². The molecular formula is C19H31NO5. The zero-order valence-corrected chi connectivity index (χ0v) is 16.3. The third-order valence-corrected chi connectivity index (χ3v) is 4.35. The van der Waals surface area contributed by atoms with Gasteiger partial charge >= 0.3 is 5.97 Å². The summed E-state index contributed by atoms with van der Waals surface area (Å²) in [6.07, 6.45) is 1.10. The molecule has 0 saturated carbocycles. The minimum atomic E-state index is -0.552. The van der Waals surface area contributed by atoms with Crippen LogP contribution < -0.4 is 0 Å². The van der Waals surface area contributed by atoms with E-state index >= 15 is 0 Å². The van der Waals surface area contributed by atoms with Crippen LogP contribution in [0.4, 0.5) is 0 Å². The van der Waals surface area contributed by atoms with Crippen molar-refractivity contribution in [2.24, 2.45) is 16.7 Å². The fraction of sp³-hybridized carbons (Fsp3) is 0.789. The van der Waals surface area contributed by atoms with Crippen LogP contribution in [0.25, 0.3) is 0 Å². The van der Waals surface area contributed by atoms with Crippen molar-refractivity contribution in [2.75, 3.05) is 13.2 Å². The normalized spacial score (nSPS) is 18.6. The second kappa shape index (κ2) is 8.11. The van der Waals surface area contributed by atoms with E-state index in [0.29, 0.717) is 6.42 Å². The largest absolute Gasteiger partial charge is 0.465 e. The summed E-state index contributed by atoms with van der Waals surface area (Å²) in [6.45, 7) is 11.5. The first-order valence-electron chi connectivity index (χ1n) is 8.87. The molecule has 0 aromatic carbocycles. The number of hydrogen-bond acceptors (Lipinski definition) is 5. The van der Waals surface area contributed by atoms with E-state index in [1.165, 1.54) is 4.90 Å². The summed E-state index contributed by atoms with van der Waals surface area (Å²) in [7, 11) is 0. The Labute approximate surface area is 150 Å². The lowest BCUT2D eigenvalue weighted by molar-refractivity contribution is -0.153. The molecule has 0 aliphatic carbocycles. The van der Waals surface area contributed by atoms with Crippen LogP contribution in [0, 0.1) is 16.7 Å². The minimum absolute atomic E-state index is 0.0355. The summed E-state index contributed by atoms with van der Waals surface area (Å²) in [6, 6.07) is 0. The van der Waals surface area contributed by atoms with E-state index < -0.39 is 5.41 Å². The smallest absolute Gasteiger partial charge is 0.311 e. The van der Waals surface area contributed by atoms with Crippen LogP contribution in [-0.2, 0) is 23.9 Å². The first-order chi connectivity index (χ1) is 11.3. The molecule has 6 heteroatoms. The predicted octanol–water partition coefficient (Wildman–Crippen LogP) is 2.74. The number of nitrogens with zero attached hydrogens (tertiary/aromatic N) is 1. The Morgan fingerprint density at radius 2 is 1.68 bits per heavy atom. The molecule has 1 heterocycles. The maximum absolute atomic E-state index is 12.3. The van der Waals surface area contributed by atoms with Crippen molar-refractivity contribution in [1.82, 2.24) is 4.90 Å². The summed E-state index contributed by atoms with van der Waals surface area (Å²) in [5, 5.41) is 0. The number of carbonyl (C=O) groups excluding carboxylic acids is 4. The molecule has 6 nitrogen and oxygen atoms in total. The second-order valence-electron chi connectivity index (χ2n) is 8.78. The number of hydrogen-bond donors (Lipinski definition) is 0. The van der Waals surface area contributed by atoms with Gasteiger partial charge in [-0.15, -0.1) is 0 Å². The van der Waals surface area contributed by atoms with E-state index in [2.05, 4.69) is 0 Å². The number of amides is 2. The number of Topliss-reactive ketones (excluding diaryl/α,β-unsaturated/α-hetero) is 1. The third-order valence-electron chi connectivity index (χ3n) is 4.35. The topological polar surface area (TPSA) is 80.8 Å². The highest BCUT2D eigenvalue weighted by molar-refractivity contribution is 6.04. The van der Waals surface area contributed by atoms with Gasteiger partial charge in [-0.2, -0.15) is 0 Å². The number of carbonyl (C=O) groups is 4. The van der Waals surface area contributed by atoms with Gasteiger partial charge in [0.15, 0.2) is 0 Å². The summed E-state index contributed by atoms with van der Waals surface area (Å²) in [5.41, 5.74) is -0.813. The van der Waals surface area contributed by atoms with E-state index in [0.717, 1.165) is 0 Å². The molecule has 1 atom stereocenters. The number of likely N-dealkylation sites (tertiary alicyclic amines) is 1. The Bertz CT molecular complexity index is 539. The second-order valence-corrected chi connectivity index (χ2v) is 8.78. The molecule has 1 fully saturated rings. The van der Waals surface area contributed by atoms with Crippen molar-refractivity contribution in [3.05, 3.63) is 0 Å². The predicted molar refractivity (Wildman–Crippen MR) is 93.6 cm³/mol. The number of rotatable bonds is 7. The monoisotopic (exact) mass is 353 g/mol. The lowest BCUT2D eigenvalue weighted by Crippen LogP contribution is -2.35. The van der Waals surface area contributed by atoms with Crippen LogP contribution >= 0.6 is 0 Å². The van der Waals surface area contributed by atoms with Gasteiger partial charge in [-0.1, -0.05) is 20.8 Å². The Kier molecular flexibility index (Phi) is 6.91. The van der Waals surface area contributed by atoms with Gasteiger partial charge in [0, 0.05) is 25.8 Å². The molecule has 1 saturated heterocycles. The zero-order valence-electron chi connectivity index (χ0n) is 16.3. The van der Waals surface area contributed by atoms with Crippen LogP contribution in [0.15, 0.2) is 0 Å². The molecule has 0 aromatic heterocycles. The molecule has 142 valence electrons. The van der Waals surface area contributed by atoms with E-state index in [1.807, 2.05) is 20.8 Å². The van der Waals surface area contributed by atoms with Gasteiger partial charge in [-0.05, 0) is 32.6 Å². The van der Waals surface area contributed by atoms with Crippen LogP contribution in [0.5, 0.6) is 0 Å². The Hall–Kier alpha value is -1.72.